The molecule has 0 amide bonds. The first kappa shape index (κ1) is 12.4. The van der Waals surface area contributed by atoms with E-state index in [1.165, 1.54) is 0 Å². The number of nitrogens with one attached hydrogen (secondary N) is 1. The highest BCUT2D eigenvalue weighted by molar-refractivity contribution is 5.71. The molecule has 0 aliphatic rings. The molecular weight excluding hydrogens is 166 g/mol. The Bertz CT molecular complexity index is 161. The molecule has 78 valence electrons. The van der Waals surface area contributed by atoms with Crippen LogP contribution in [0.4, 0.5) is 0 Å². The summed E-state index contributed by atoms with van der Waals surface area (Å²) in [5.74, 6) is -0.177. The number of ether oxygens (including phenoxy) is 1. The third-order valence-corrected chi connectivity index (χ3v) is 1.93. The molecule has 0 saturated carbocycles. The van der Waals surface area contributed by atoms with E-state index in [2.05, 4.69) is 26.1 Å². The number of carbonyl (C=O) groups excluding carboxylic acids is 1. The van der Waals surface area contributed by atoms with E-state index in [9.17, 15) is 4.79 Å². The van der Waals surface area contributed by atoms with Crippen LogP contribution >= 0.6 is 0 Å². The Morgan fingerprint density at radius 1 is 1.46 bits per heavy atom. The third-order valence-electron chi connectivity index (χ3n) is 1.93. The minimum Gasteiger partial charge on any atom is -0.461 e. The zero-order chi connectivity index (χ0) is 10.5. The molecule has 0 heterocycles. The smallest absolute Gasteiger partial charge is 0.320 e. The maximum Gasteiger partial charge on any atom is 0.320 e. The summed E-state index contributed by atoms with van der Waals surface area (Å²) >= 11 is 0. The van der Waals surface area contributed by atoms with Gasteiger partial charge in [-0.2, -0.15) is 0 Å². The van der Waals surface area contributed by atoms with Crippen molar-refractivity contribution < 1.29 is 9.53 Å². The minimum absolute atomic E-state index is 0.00773. The van der Waals surface area contributed by atoms with Crippen LogP contribution in [0, 0.1) is 5.41 Å². The number of likely N-dealkylation sites (N-methyl/N-ethyl adjacent to an activating group) is 1. The fraction of sp³-hybridized carbons (Fsp3) is 0.900. The second-order valence-corrected chi connectivity index (χ2v) is 4.28. The topological polar surface area (TPSA) is 38.3 Å². The summed E-state index contributed by atoms with van der Waals surface area (Å²) < 4.78 is 5.30. The predicted octanol–water partition coefficient (Wildman–Crippen LogP) is 1.57. The molecule has 0 aromatic rings. The van der Waals surface area contributed by atoms with Gasteiger partial charge in [0.15, 0.2) is 0 Å². The summed E-state index contributed by atoms with van der Waals surface area (Å²) in [6.07, 6.45) is 0.868. The van der Waals surface area contributed by atoms with Gasteiger partial charge in [0.05, 0.1) is 6.54 Å². The van der Waals surface area contributed by atoms with Crippen LogP contribution in [0.25, 0.3) is 0 Å². The zero-order valence-electron chi connectivity index (χ0n) is 9.31. The lowest BCUT2D eigenvalue weighted by atomic mass is 9.87. The molecule has 1 N–H and O–H groups in total. The van der Waals surface area contributed by atoms with Crippen LogP contribution in [0.15, 0.2) is 0 Å². The first-order chi connectivity index (χ1) is 5.91. The standard InChI is InChI=1S/C10H21NO2/c1-6-8(10(2,3)4)13-9(12)7-11-5/h8,11H,6-7H2,1-5H3. The van der Waals surface area contributed by atoms with E-state index in [0.29, 0.717) is 0 Å². The Hall–Kier alpha value is -0.570. The minimum atomic E-state index is -0.177. The summed E-state index contributed by atoms with van der Waals surface area (Å²) in [6.45, 7) is 8.55. The Balaban J connectivity index is 4.06. The highest BCUT2D eigenvalue weighted by atomic mass is 16.5. The largest absolute Gasteiger partial charge is 0.461 e. The van der Waals surface area contributed by atoms with E-state index in [1.54, 1.807) is 7.05 Å². The molecule has 0 aliphatic heterocycles. The molecule has 0 aliphatic carbocycles. The predicted molar refractivity (Wildman–Crippen MR) is 53.6 cm³/mol. The molecule has 0 radical (unpaired) electrons. The van der Waals surface area contributed by atoms with Gasteiger partial charge < -0.3 is 10.1 Å². The van der Waals surface area contributed by atoms with Gasteiger partial charge in [0.25, 0.3) is 0 Å². The van der Waals surface area contributed by atoms with Crippen molar-refractivity contribution in [2.75, 3.05) is 13.6 Å². The van der Waals surface area contributed by atoms with Crippen molar-refractivity contribution in [3.63, 3.8) is 0 Å². The average molecular weight is 187 g/mol. The molecule has 0 rings (SSSR count). The fourth-order valence-corrected chi connectivity index (χ4v) is 1.22. The number of hydrogen-bond donors (Lipinski definition) is 1. The van der Waals surface area contributed by atoms with Crippen molar-refractivity contribution in [3.05, 3.63) is 0 Å². The van der Waals surface area contributed by atoms with Crippen LogP contribution in [0.1, 0.15) is 34.1 Å². The molecule has 0 aromatic heterocycles. The molecule has 3 nitrogen and oxygen atoms in total. The molecular formula is C10H21NO2. The van der Waals surface area contributed by atoms with Gasteiger partial charge in [-0.3, -0.25) is 4.79 Å². The lowest BCUT2D eigenvalue weighted by Gasteiger charge is -2.29. The number of esters is 1. The molecule has 13 heavy (non-hydrogen) atoms. The van der Waals surface area contributed by atoms with Gasteiger partial charge in [-0.25, -0.2) is 0 Å². The number of hydrogen-bond acceptors (Lipinski definition) is 3. The molecule has 0 spiro atoms. The van der Waals surface area contributed by atoms with Crippen LogP contribution in [-0.4, -0.2) is 25.7 Å². The molecule has 1 unspecified atom stereocenters. The first-order valence-electron chi connectivity index (χ1n) is 4.76. The SMILES string of the molecule is CCC(OC(=O)CNC)C(C)(C)C. The fourth-order valence-electron chi connectivity index (χ4n) is 1.22. The van der Waals surface area contributed by atoms with E-state index in [1.807, 2.05) is 6.92 Å². The molecule has 0 saturated heterocycles. The van der Waals surface area contributed by atoms with Crippen LogP contribution in [0.2, 0.25) is 0 Å². The van der Waals surface area contributed by atoms with E-state index in [4.69, 9.17) is 4.74 Å². The Morgan fingerprint density at radius 3 is 2.31 bits per heavy atom. The Labute approximate surface area is 80.8 Å². The van der Waals surface area contributed by atoms with E-state index >= 15 is 0 Å². The lowest BCUT2D eigenvalue weighted by molar-refractivity contribution is -0.153. The summed E-state index contributed by atoms with van der Waals surface area (Å²) in [7, 11) is 1.74. The van der Waals surface area contributed by atoms with Crippen molar-refractivity contribution in [3.8, 4) is 0 Å². The summed E-state index contributed by atoms with van der Waals surface area (Å²) in [6, 6.07) is 0. The van der Waals surface area contributed by atoms with Crippen LogP contribution in [0.5, 0.6) is 0 Å². The van der Waals surface area contributed by atoms with Crippen LogP contribution in [0.3, 0.4) is 0 Å². The maximum absolute atomic E-state index is 11.2. The van der Waals surface area contributed by atoms with Gasteiger partial charge in [-0.05, 0) is 18.9 Å². The molecule has 0 fully saturated rings. The summed E-state index contributed by atoms with van der Waals surface area (Å²) in [4.78, 5) is 11.2. The molecule has 0 aromatic carbocycles. The van der Waals surface area contributed by atoms with E-state index in [-0.39, 0.29) is 24.0 Å². The van der Waals surface area contributed by atoms with Gasteiger partial charge in [-0.15, -0.1) is 0 Å². The molecule has 3 heteroatoms. The quantitative estimate of drug-likeness (QED) is 0.679. The maximum atomic E-state index is 11.2. The molecule has 0 bridgehead atoms. The average Bonchev–Trinajstić information content (AvgIpc) is 1.98. The lowest BCUT2D eigenvalue weighted by Crippen LogP contribution is -2.34. The van der Waals surface area contributed by atoms with Crippen LogP contribution < -0.4 is 5.32 Å². The highest BCUT2D eigenvalue weighted by Crippen LogP contribution is 2.24. The van der Waals surface area contributed by atoms with Crippen molar-refractivity contribution in [2.24, 2.45) is 5.41 Å². The monoisotopic (exact) mass is 187 g/mol. The number of rotatable bonds is 4. The highest BCUT2D eigenvalue weighted by Gasteiger charge is 2.26. The second-order valence-electron chi connectivity index (χ2n) is 4.28. The van der Waals surface area contributed by atoms with Crippen LogP contribution in [-0.2, 0) is 9.53 Å². The Kier molecular flexibility index (Phi) is 4.99. The Morgan fingerprint density at radius 2 is 2.00 bits per heavy atom. The van der Waals surface area contributed by atoms with E-state index in [0.717, 1.165) is 6.42 Å². The zero-order valence-corrected chi connectivity index (χ0v) is 9.31. The normalized spacial score (nSPS) is 13.9. The second kappa shape index (κ2) is 5.22. The van der Waals surface area contributed by atoms with E-state index < -0.39 is 0 Å². The third kappa shape index (κ3) is 4.88. The van der Waals surface area contributed by atoms with Gasteiger partial charge in [-0.1, -0.05) is 27.7 Å². The summed E-state index contributed by atoms with van der Waals surface area (Å²) in [5.41, 5.74) is 0.0259. The van der Waals surface area contributed by atoms with Gasteiger partial charge in [0.2, 0.25) is 0 Å². The van der Waals surface area contributed by atoms with Crippen molar-refractivity contribution in [1.29, 1.82) is 0 Å². The van der Waals surface area contributed by atoms with Gasteiger partial charge in [0, 0.05) is 0 Å². The number of carbonyl (C=O) groups is 1. The van der Waals surface area contributed by atoms with Gasteiger partial charge >= 0.3 is 5.97 Å². The van der Waals surface area contributed by atoms with Crippen molar-refractivity contribution in [2.45, 2.75) is 40.2 Å². The van der Waals surface area contributed by atoms with Crippen molar-refractivity contribution >= 4 is 5.97 Å². The van der Waals surface area contributed by atoms with Crippen molar-refractivity contribution in [1.82, 2.24) is 5.32 Å². The molecule has 1 atom stereocenters. The van der Waals surface area contributed by atoms with Gasteiger partial charge in [0.1, 0.15) is 6.10 Å². The first-order valence-corrected chi connectivity index (χ1v) is 4.76. The summed E-state index contributed by atoms with van der Waals surface area (Å²) in [5, 5.41) is 2.77.